The smallest absolute Gasteiger partial charge is 0.160 e. The minimum atomic E-state index is -0.446. The van der Waals surface area contributed by atoms with Gasteiger partial charge in [-0.15, -0.1) is 0 Å². The topological polar surface area (TPSA) is 12.5 Å². The molecule has 61 heavy (non-hydrogen) atoms. The molecule has 5 aliphatic rings. The lowest BCUT2D eigenvalue weighted by Gasteiger charge is -2.27. The molecule has 246 valence electrons. The van der Waals surface area contributed by atoms with Gasteiger partial charge in [0.05, 0.1) is 0 Å². The Kier molecular flexibility index (Phi) is 1.45. The molecule has 1 heterocycles. The normalized spacial score (nSPS) is 23.8. The summed E-state index contributed by atoms with van der Waals surface area (Å²) in [6.45, 7) is 0. The first-order valence-corrected chi connectivity index (χ1v) is 22.9. The highest BCUT2D eigenvalue weighted by atomic mass is 16.6. The first-order chi connectivity index (χ1) is 30.4. The highest BCUT2D eigenvalue weighted by Gasteiger charge is 2.83. The molecule has 4 aliphatic carbocycles. The lowest BCUT2D eigenvalue weighted by Crippen LogP contribution is -2.27. The average Bonchev–Trinajstić information content (AvgIpc) is 4.11. The Bertz CT molecular complexity index is 6300. The molecule has 0 bridgehead atoms. The molecule has 0 radical (unpaired) electrons. The van der Waals surface area contributed by atoms with Gasteiger partial charge in [-0.2, -0.15) is 0 Å². The predicted molar refractivity (Wildman–Crippen MR) is 255 cm³/mol. The van der Waals surface area contributed by atoms with Gasteiger partial charge < -0.3 is 4.74 Å². The van der Waals surface area contributed by atoms with Crippen LogP contribution in [0.3, 0.4) is 0 Å². The third kappa shape index (κ3) is 0.976. The highest BCUT2D eigenvalue weighted by Crippen LogP contribution is 2.89. The molecular formula is C60O. The van der Waals surface area contributed by atoms with E-state index in [4.69, 9.17) is 4.74 Å². The third-order valence-electron chi connectivity index (χ3n) is 23.4. The van der Waals surface area contributed by atoms with E-state index < -0.39 is 11.2 Å². The van der Waals surface area contributed by atoms with E-state index in [0.29, 0.717) is 0 Å². The molecule has 0 saturated carbocycles. The van der Waals surface area contributed by atoms with Crippen LogP contribution in [-0.4, -0.2) is 0 Å². The van der Waals surface area contributed by atoms with Crippen LogP contribution in [0.5, 0.6) is 0 Å². The average molecular weight is 737 g/mol. The van der Waals surface area contributed by atoms with Crippen LogP contribution < -0.4 is 0 Å². The van der Waals surface area contributed by atoms with Crippen molar-refractivity contribution >= 4 is 291 Å². The maximum atomic E-state index is 8.27. The van der Waals surface area contributed by atoms with Crippen molar-refractivity contribution in [3.05, 3.63) is 22.3 Å². The Hall–Kier alpha value is -7.58. The summed E-state index contributed by atoms with van der Waals surface area (Å²) in [5.41, 5.74) is 5.56. The van der Waals surface area contributed by atoms with Crippen molar-refractivity contribution in [3.8, 4) is 0 Å². The van der Waals surface area contributed by atoms with Crippen LogP contribution in [0, 0.1) is 0 Å². The van der Waals surface area contributed by atoms with E-state index >= 15 is 0 Å². The predicted octanol–water partition coefficient (Wildman–Crippen LogP) is 16.2. The first-order valence-electron chi connectivity index (χ1n) is 22.9. The monoisotopic (exact) mass is 736 g/mol. The summed E-state index contributed by atoms with van der Waals surface area (Å²) in [6.07, 6.45) is 0. The Morgan fingerprint density at radius 2 is 0.197 bits per heavy atom. The standard InChI is InChI=1S/C60O/c61-59-55-47-39-29-19-11-3-1-2-5-9-7(3)15-23-17(9)27-21-13(5)14-6(2)10-8-4(1)12(11)20-26-16(8)24-18(10)28-22(14)32-31(21)41-35(27)45-37(23)43(33(39)25(15)19)51(55)53(45)57-49(41)50-42(32)36(28)46-38(24)44-34(26)40(30(20)29)48(47)56(59)52(44)54(46)58(50)60(57,59)61. The summed E-state index contributed by atoms with van der Waals surface area (Å²) in [5, 5.41) is 88.8. The van der Waals surface area contributed by atoms with Crippen LogP contribution in [0.4, 0.5) is 0 Å². The third-order valence-corrected chi connectivity index (χ3v) is 23.4. The molecule has 0 amide bonds. The first kappa shape index (κ1) is 20.6. The highest BCUT2D eigenvalue weighted by molar-refractivity contribution is 6.82. The van der Waals surface area contributed by atoms with E-state index in [-0.39, 0.29) is 0 Å². The Morgan fingerprint density at radius 1 is 0.115 bits per heavy atom. The van der Waals surface area contributed by atoms with E-state index in [0.717, 1.165) is 0 Å². The Morgan fingerprint density at radius 3 is 0.295 bits per heavy atom. The molecule has 0 aromatic heterocycles. The van der Waals surface area contributed by atoms with Crippen LogP contribution in [-0.2, 0) is 15.9 Å². The van der Waals surface area contributed by atoms with Gasteiger partial charge in [0.25, 0.3) is 0 Å². The molecule has 1 aliphatic heterocycles. The van der Waals surface area contributed by atoms with E-state index in [2.05, 4.69) is 0 Å². The molecule has 0 unspecified atom stereocenters. The van der Waals surface area contributed by atoms with Gasteiger partial charge in [0.15, 0.2) is 11.2 Å². The summed E-state index contributed by atoms with van der Waals surface area (Å²) < 4.78 is 8.27. The van der Waals surface area contributed by atoms with Gasteiger partial charge in [-0.1, -0.05) is 0 Å². The summed E-state index contributed by atoms with van der Waals surface area (Å²) in [7, 11) is 0. The number of ether oxygens (including phenoxy) is 1. The van der Waals surface area contributed by atoms with Gasteiger partial charge in [-0.05, 0) is 291 Å². The second kappa shape index (κ2) is 4.31. The summed E-state index contributed by atoms with van der Waals surface area (Å²) in [4.78, 5) is 0. The molecule has 1 nitrogen and oxygen atoms in total. The SMILES string of the molecule is O1C23c4c5c6c7c8c9c(c%10c%11c2c2c4c4c%12c5c5c6c6c8c8c%13c9c9c%10c%10c%11c%11c2c2c4c4c%12c%12c5c5c6c8c6c8c%13c9c9c%10c%10c%11c2c2c4c4c%12c5c6c5c8c9c%10c2c45)C173. The second-order valence-electron chi connectivity index (χ2n) is 23.2. The van der Waals surface area contributed by atoms with Gasteiger partial charge in [-0.3, -0.25) is 0 Å². The minimum absolute atomic E-state index is 0.446. The van der Waals surface area contributed by atoms with Crippen LogP contribution in [0.25, 0.3) is 291 Å². The molecule has 1 saturated heterocycles. The van der Waals surface area contributed by atoms with Crippen molar-refractivity contribution in [2.24, 2.45) is 0 Å². The van der Waals surface area contributed by atoms with Crippen molar-refractivity contribution in [2.75, 3.05) is 0 Å². The second-order valence-corrected chi connectivity index (χ2v) is 23.2. The zero-order chi connectivity index (χ0) is 35.2. The number of epoxide rings is 1. The van der Waals surface area contributed by atoms with Crippen LogP contribution in [0.15, 0.2) is 0 Å². The lowest BCUT2D eigenvalue weighted by atomic mass is 9.68. The van der Waals surface area contributed by atoms with Gasteiger partial charge in [-0.25, -0.2) is 0 Å². The molecule has 1 heteroatoms. The lowest BCUT2D eigenvalue weighted by molar-refractivity contribution is 0.310. The summed E-state index contributed by atoms with van der Waals surface area (Å²) in [5.74, 6) is 0. The molecule has 0 atom stereocenters. The number of benzene rings is 18. The van der Waals surface area contributed by atoms with Crippen molar-refractivity contribution in [3.63, 3.8) is 0 Å². The zero-order valence-electron chi connectivity index (χ0n) is 30.4. The van der Waals surface area contributed by atoms with Crippen LogP contribution >= 0.6 is 0 Å². The van der Waals surface area contributed by atoms with E-state index in [9.17, 15) is 0 Å². The Balaban J connectivity index is 1.32. The van der Waals surface area contributed by atoms with E-state index in [1.165, 1.54) is 0 Å². The summed E-state index contributed by atoms with van der Waals surface area (Å²) in [6, 6.07) is 0. The van der Waals surface area contributed by atoms with Crippen molar-refractivity contribution in [2.45, 2.75) is 11.2 Å². The fraction of sp³-hybridized carbons (Fsp3) is 0.0333. The number of hydrogen-bond acceptors (Lipinski definition) is 1. The number of hydrogen-bond donors (Lipinski definition) is 0. The van der Waals surface area contributed by atoms with Crippen LogP contribution in [0.2, 0.25) is 0 Å². The van der Waals surface area contributed by atoms with Crippen molar-refractivity contribution < 1.29 is 4.74 Å². The molecular weight excluding hydrogens is 737 g/mol. The number of rotatable bonds is 0. The summed E-state index contributed by atoms with van der Waals surface area (Å²) >= 11 is 0. The maximum absolute atomic E-state index is 8.27. The Labute approximate surface area is 327 Å². The zero-order valence-corrected chi connectivity index (χ0v) is 30.4. The minimum Gasteiger partial charge on any atom is -0.342 e. The molecule has 33 rings (SSSR count). The van der Waals surface area contributed by atoms with Gasteiger partial charge in [0.1, 0.15) is 0 Å². The maximum Gasteiger partial charge on any atom is 0.160 e. The molecule has 28 aromatic rings. The largest absolute Gasteiger partial charge is 0.342 e. The quantitative estimate of drug-likeness (QED) is 0.112. The molecule has 2 spiro atoms. The van der Waals surface area contributed by atoms with Crippen LogP contribution in [0.1, 0.15) is 22.3 Å². The van der Waals surface area contributed by atoms with Gasteiger partial charge >= 0.3 is 0 Å². The van der Waals surface area contributed by atoms with Gasteiger partial charge in [0.2, 0.25) is 0 Å². The molecule has 0 N–H and O–H groups in total. The van der Waals surface area contributed by atoms with Crippen molar-refractivity contribution in [1.29, 1.82) is 0 Å². The van der Waals surface area contributed by atoms with Gasteiger partial charge in [0, 0.05) is 22.3 Å². The molecule has 28 aromatic carbocycles. The molecule has 1 fully saturated rings. The van der Waals surface area contributed by atoms with E-state index in [1.807, 2.05) is 0 Å². The fourth-order valence-corrected chi connectivity index (χ4v) is 23.5. The van der Waals surface area contributed by atoms with E-state index in [1.54, 1.807) is 313 Å². The van der Waals surface area contributed by atoms with Crippen molar-refractivity contribution in [1.82, 2.24) is 0 Å². The fourth-order valence-electron chi connectivity index (χ4n) is 23.5.